The summed E-state index contributed by atoms with van der Waals surface area (Å²) >= 11 is 0. The molecule has 0 aromatic rings. The van der Waals surface area contributed by atoms with Gasteiger partial charge in [-0.3, -0.25) is 25.3 Å². The topological polar surface area (TPSA) is 356 Å². The molecule has 0 spiro atoms. The Morgan fingerprint density at radius 2 is 1.04 bits per heavy atom. The Morgan fingerprint density at radius 1 is 0.626 bits per heavy atom. The molecule has 4 aliphatic rings. The first-order valence-electron chi connectivity index (χ1n) is 32.8. The molecule has 0 aliphatic carbocycles. The highest BCUT2D eigenvalue weighted by atomic mass is 16.8. The molecule has 2 saturated heterocycles. The Balaban J connectivity index is 1.41. The average Bonchev–Trinajstić information content (AvgIpc) is 1.78. The lowest BCUT2D eigenvalue weighted by atomic mass is 9.87. The number of hydrogen-bond donors (Lipinski definition) is 4. The minimum Gasteiger partial charge on any atom is -0.479 e. The van der Waals surface area contributed by atoms with Crippen LogP contribution in [0.3, 0.4) is 0 Å². The highest BCUT2D eigenvalue weighted by molar-refractivity contribution is 5.94. The first kappa shape index (κ1) is 84.3. The SMILES string of the molecule is C#CCOCCOCCOCCOCCN(CCOCCN(C)C(=O)O[C@@H]([C@@H]1OC(C(=O)OC)=C[C@H](N=C(C)NC(=O)OC(C)(C)C)[C@H]1C)[C@H]1COC(C)(C)O1)CCOCCN(C)C(=O)O[C@@H]([C@@H]1OC(C(=O)OC)=C[C@H](NC(=C)NC(=O)OC(C)(C)C)[C@H]1NC(C)=O)[C@H]1COC(C)(C)O1. The van der Waals surface area contributed by atoms with Gasteiger partial charge in [0.15, 0.2) is 29.9 Å². The lowest BCUT2D eigenvalue weighted by Gasteiger charge is -2.42. The molecule has 10 atom stereocenters. The zero-order chi connectivity index (χ0) is 73.7. The van der Waals surface area contributed by atoms with Gasteiger partial charge in [-0.1, -0.05) is 19.4 Å². The summed E-state index contributed by atoms with van der Waals surface area (Å²) in [6.07, 6.45) is -1.81. The van der Waals surface area contributed by atoms with Crippen LogP contribution in [0, 0.1) is 18.3 Å². The minimum atomic E-state index is -1.35. The van der Waals surface area contributed by atoms with Gasteiger partial charge in [0.2, 0.25) is 17.4 Å². The van der Waals surface area contributed by atoms with Crippen molar-refractivity contribution in [1.29, 1.82) is 0 Å². The van der Waals surface area contributed by atoms with E-state index in [2.05, 4.69) is 43.7 Å². The van der Waals surface area contributed by atoms with Crippen molar-refractivity contribution < 1.29 is 119 Å². The van der Waals surface area contributed by atoms with Crippen LogP contribution in [0.5, 0.6) is 0 Å². The number of likely N-dealkylation sites (N-methyl/N-ethyl adjacent to an activating group) is 2. The number of amides is 5. The molecule has 0 bridgehead atoms. The first-order valence-corrected chi connectivity index (χ1v) is 32.8. The van der Waals surface area contributed by atoms with E-state index in [9.17, 15) is 33.6 Å². The lowest BCUT2D eigenvalue weighted by molar-refractivity contribution is -0.172. The average molecular weight is 1410 g/mol. The molecule has 0 unspecified atom stereocenters. The molecule has 99 heavy (non-hydrogen) atoms. The van der Waals surface area contributed by atoms with Crippen LogP contribution >= 0.6 is 0 Å². The predicted molar refractivity (Wildman–Crippen MR) is 354 cm³/mol. The van der Waals surface area contributed by atoms with Crippen LogP contribution in [0.4, 0.5) is 19.2 Å². The molecule has 4 rings (SSSR count). The van der Waals surface area contributed by atoms with Gasteiger partial charge in [0, 0.05) is 59.7 Å². The second-order valence-electron chi connectivity index (χ2n) is 26.3. The maximum atomic E-state index is 14.1. The van der Waals surface area contributed by atoms with E-state index >= 15 is 0 Å². The van der Waals surface area contributed by atoms with Crippen molar-refractivity contribution in [3.05, 3.63) is 36.1 Å². The number of aliphatic imine (C=N–C) groups is 1. The van der Waals surface area contributed by atoms with E-state index in [0.717, 1.165) is 7.11 Å². The normalized spacial score (nSPS) is 22.5. The van der Waals surface area contributed by atoms with Crippen molar-refractivity contribution in [2.75, 3.05) is 154 Å². The number of rotatable bonds is 38. The summed E-state index contributed by atoms with van der Waals surface area (Å²) in [6.45, 7) is 30.2. The maximum absolute atomic E-state index is 14.1. The van der Waals surface area contributed by atoms with Crippen LogP contribution in [-0.2, 0) is 99.6 Å². The number of terminal acetylenes is 1. The van der Waals surface area contributed by atoms with Gasteiger partial charge in [-0.2, -0.15) is 0 Å². The van der Waals surface area contributed by atoms with Gasteiger partial charge in [-0.05, 0) is 88.3 Å². The van der Waals surface area contributed by atoms with E-state index in [1.165, 1.54) is 43.0 Å². The van der Waals surface area contributed by atoms with Crippen molar-refractivity contribution in [3.8, 4) is 12.3 Å². The van der Waals surface area contributed by atoms with Crippen molar-refractivity contribution in [1.82, 2.24) is 36.0 Å². The fraction of sp³-hybridized carbons (Fsp3) is 0.758. The summed E-state index contributed by atoms with van der Waals surface area (Å²) in [5, 5.41) is 11.0. The standard InChI is InChI=1S/C66H108N8O25/c1-20-26-84-32-34-88-36-37-89-35-33-87-31-25-74(23-29-85-27-21-72(16)61(80)94-54(50-40-90-65(12,13)96-50)53-42(2)46(38-48(92-53)57(76)82-18)67-43(3)69-59(78)98-63(6,7)8)24-30-86-28-22-73(17)62(81)95-55(51-41-91-66(14,15)97-51)56-52(71-45(5)75)47(39-49(93-56)58(77)83-19)68-44(4)70-60(79)99-64(9,10)11/h1,38-39,42,46-47,50-56,68H,4,21-37,40-41H2,2-3,5-19H3,(H,70,79)(H,71,75)(H,67,69,78)/t42-,46+,47+,50-,51-,52-,53-,54-,55-,56-/m1/s1. The van der Waals surface area contributed by atoms with Crippen molar-refractivity contribution in [3.63, 3.8) is 0 Å². The summed E-state index contributed by atoms with van der Waals surface area (Å²) < 4.78 is 104. The highest BCUT2D eigenvalue weighted by Crippen LogP contribution is 2.36. The third-order valence-corrected chi connectivity index (χ3v) is 14.8. The Hall–Kier alpha value is -7.10. The second-order valence-corrected chi connectivity index (χ2v) is 26.3. The summed E-state index contributed by atoms with van der Waals surface area (Å²) in [7, 11) is 5.40. The molecule has 4 heterocycles. The lowest BCUT2D eigenvalue weighted by Crippen LogP contribution is -2.64. The number of hydrogen-bond acceptors (Lipinski definition) is 28. The van der Waals surface area contributed by atoms with Gasteiger partial charge in [-0.25, -0.2) is 28.8 Å². The second kappa shape index (κ2) is 41.0. The van der Waals surface area contributed by atoms with Crippen molar-refractivity contribution in [2.24, 2.45) is 10.9 Å². The molecular weight excluding hydrogens is 1300 g/mol. The third-order valence-electron chi connectivity index (χ3n) is 14.8. The molecule has 0 radical (unpaired) electrons. The molecule has 5 amide bonds. The molecule has 33 heteroatoms. The van der Waals surface area contributed by atoms with E-state index in [4.69, 9.17) is 91.7 Å². The number of carbonyl (C=O) groups excluding carboxylic acids is 7. The van der Waals surface area contributed by atoms with Crippen LogP contribution < -0.4 is 21.3 Å². The molecular formula is C66H108N8O25. The molecule has 562 valence electrons. The summed E-state index contributed by atoms with van der Waals surface area (Å²) in [4.78, 5) is 102. The van der Waals surface area contributed by atoms with Gasteiger partial charge < -0.3 is 106 Å². The van der Waals surface area contributed by atoms with Crippen LogP contribution in [0.1, 0.15) is 90.0 Å². The number of carbonyl (C=O) groups is 7. The van der Waals surface area contributed by atoms with Crippen LogP contribution in [0.15, 0.2) is 41.1 Å². The smallest absolute Gasteiger partial charge is 0.413 e. The molecule has 0 aromatic carbocycles. The van der Waals surface area contributed by atoms with Gasteiger partial charge in [0.25, 0.3) is 0 Å². The van der Waals surface area contributed by atoms with E-state index in [0.29, 0.717) is 65.9 Å². The van der Waals surface area contributed by atoms with Crippen LogP contribution in [-0.4, -0.2) is 294 Å². The number of methoxy groups -OCH3 is 2. The van der Waals surface area contributed by atoms with E-state index in [1.807, 2.05) is 0 Å². The molecule has 4 aliphatic heterocycles. The van der Waals surface area contributed by atoms with E-state index in [-0.39, 0.29) is 82.5 Å². The fourth-order valence-electron chi connectivity index (χ4n) is 10.0. The number of ether oxygens (including phenoxy) is 18. The Labute approximate surface area is 581 Å². The predicted octanol–water partition coefficient (Wildman–Crippen LogP) is 3.52. The van der Waals surface area contributed by atoms with Gasteiger partial charge in [-0.15, -0.1) is 6.42 Å². The third kappa shape index (κ3) is 31.1. The summed E-state index contributed by atoms with van der Waals surface area (Å²) in [6, 6.07) is -2.92. The number of nitrogens with one attached hydrogen (secondary N) is 4. The van der Waals surface area contributed by atoms with Gasteiger partial charge in [0.1, 0.15) is 47.8 Å². The monoisotopic (exact) mass is 1410 g/mol. The largest absolute Gasteiger partial charge is 0.479 e. The summed E-state index contributed by atoms with van der Waals surface area (Å²) in [5.41, 5.74) is -1.61. The number of amidine groups is 1. The molecule has 33 nitrogen and oxygen atoms in total. The van der Waals surface area contributed by atoms with Crippen LogP contribution in [0.2, 0.25) is 0 Å². The van der Waals surface area contributed by atoms with Crippen molar-refractivity contribution >= 4 is 48.1 Å². The maximum Gasteiger partial charge on any atom is 0.413 e. The number of nitrogens with zero attached hydrogens (tertiary/aromatic N) is 4. The first-order chi connectivity index (χ1) is 46.5. The van der Waals surface area contributed by atoms with Crippen LogP contribution in [0.25, 0.3) is 0 Å². The van der Waals surface area contributed by atoms with Gasteiger partial charge >= 0.3 is 36.3 Å². The van der Waals surface area contributed by atoms with Gasteiger partial charge in [0.05, 0.1) is 118 Å². The minimum absolute atomic E-state index is 0.0210. The number of alkyl carbamates (subject to hydrolysis) is 2. The Morgan fingerprint density at radius 3 is 1.47 bits per heavy atom. The quantitative estimate of drug-likeness (QED) is 0.0172. The Bertz CT molecular complexity index is 2760. The molecule has 0 aromatic heterocycles. The molecule has 4 N–H and O–H groups in total. The Kier molecular flexibility index (Phi) is 34.9. The zero-order valence-electron chi connectivity index (χ0n) is 60.6. The number of esters is 2. The molecule has 2 fully saturated rings. The van der Waals surface area contributed by atoms with E-state index < -0.39 is 126 Å². The molecule has 0 saturated carbocycles. The highest BCUT2D eigenvalue weighted by Gasteiger charge is 2.52. The zero-order valence-corrected chi connectivity index (χ0v) is 60.6. The van der Waals surface area contributed by atoms with E-state index in [1.54, 1.807) is 90.1 Å². The fourth-order valence-corrected chi connectivity index (χ4v) is 10.0. The summed E-state index contributed by atoms with van der Waals surface area (Å²) in [5.74, 6) is -2.91. The van der Waals surface area contributed by atoms with Crippen molar-refractivity contribution in [2.45, 2.75) is 168 Å².